The predicted octanol–water partition coefficient (Wildman–Crippen LogP) is 2.72. The Kier molecular flexibility index (Phi) is 2.50. The van der Waals surface area contributed by atoms with Crippen molar-refractivity contribution < 1.29 is 4.79 Å². The molecule has 0 N–H and O–H groups in total. The van der Waals surface area contributed by atoms with Gasteiger partial charge in [0.1, 0.15) is 0 Å². The van der Waals surface area contributed by atoms with Gasteiger partial charge in [-0.2, -0.15) is 0 Å². The predicted molar refractivity (Wildman–Crippen MR) is 58.0 cm³/mol. The van der Waals surface area contributed by atoms with Crippen LogP contribution >= 0.6 is 11.3 Å². The van der Waals surface area contributed by atoms with E-state index in [-0.39, 0.29) is 0 Å². The molecular weight excluding hydrogens is 194 g/mol. The van der Waals surface area contributed by atoms with Crippen molar-refractivity contribution in [3.8, 4) is 0 Å². The van der Waals surface area contributed by atoms with Crippen LogP contribution in [0.1, 0.15) is 20.9 Å². The molecule has 0 fully saturated rings. The second-order valence-corrected chi connectivity index (χ2v) is 4.21. The zero-order valence-corrected chi connectivity index (χ0v) is 8.75. The van der Waals surface area contributed by atoms with Crippen LogP contribution in [0, 0.1) is 6.92 Å². The molecule has 0 bridgehead atoms. The van der Waals surface area contributed by atoms with Crippen LogP contribution in [-0.2, 0) is 6.54 Å². The average Bonchev–Trinajstić information content (AvgIpc) is 2.77. The highest BCUT2D eigenvalue weighted by molar-refractivity contribution is 7.10. The van der Waals surface area contributed by atoms with Gasteiger partial charge in [-0.15, -0.1) is 11.3 Å². The standard InChI is InChI=1S/C11H11NOS/c1-9-4-6-14-11(9)7-12-5-2-3-10(12)8-13/h2-6,8H,7H2,1H3. The molecule has 2 heterocycles. The number of nitrogens with zero attached hydrogens (tertiary/aromatic N) is 1. The third-order valence-corrected chi connectivity index (χ3v) is 3.28. The van der Waals surface area contributed by atoms with Crippen LogP contribution in [0.3, 0.4) is 0 Å². The van der Waals surface area contributed by atoms with Gasteiger partial charge < -0.3 is 4.57 Å². The summed E-state index contributed by atoms with van der Waals surface area (Å²) in [6.07, 6.45) is 2.83. The van der Waals surface area contributed by atoms with Crippen LogP contribution in [0.25, 0.3) is 0 Å². The minimum atomic E-state index is 0.734. The minimum absolute atomic E-state index is 0.734. The minimum Gasteiger partial charge on any atom is -0.340 e. The number of aromatic nitrogens is 1. The van der Waals surface area contributed by atoms with Crippen molar-refractivity contribution >= 4 is 17.6 Å². The number of thiophene rings is 1. The Hall–Kier alpha value is -1.35. The average molecular weight is 205 g/mol. The molecule has 72 valence electrons. The first-order chi connectivity index (χ1) is 6.81. The van der Waals surface area contributed by atoms with Crippen molar-refractivity contribution in [1.82, 2.24) is 4.57 Å². The zero-order chi connectivity index (χ0) is 9.97. The molecule has 0 unspecified atom stereocenters. The Morgan fingerprint density at radius 3 is 3.00 bits per heavy atom. The van der Waals surface area contributed by atoms with E-state index in [1.807, 2.05) is 22.9 Å². The molecule has 2 aromatic heterocycles. The maximum Gasteiger partial charge on any atom is 0.166 e. The molecule has 14 heavy (non-hydrogen) atoms. The van der Waals surface area contributed by atoms with Crippen LogP contribution in [0.15, 0.2) is 29.8 Å². The third-order valence-electron chi connectivity index (χ3n) is 2.27. The van der Waals surface area contributed by atoms with E-state index in [4.69, 9.17) is 0 Å². The molecule has 2 nitrogen and oxygen atoms in total. The molecule has 0 aliphatic rings. The van der Waals surface area contributed by atoms with Crippen molar-refractivity contribution in [3.63, 3.8) is 0 Å². The van der Waals surface area contributed by atoms with Crippen molar-refractivity contribution in [2.75, 3.05) is 0 Å². The summed E-state index contributed by atoms with van der Waals surface area (Å²) in [7, 11) is 0. The van der Waals surface area contributed by atoms with E-state index in [9.17, 15) is 4.79 Å². The lowest BCUT2D eigenvalue weighted by molar-refractivity contribution is 0.111. The van der Waals surface area contributed by atoms with Gasteiger partial charge in [0, 0.05) is 11.1 Å². The monoisotopic (exact) mass is 205 g/mol. The fourth-order valence-electron chi connectivity index (χ4n) is 1.40. The molecule has 0 aromatic carbocycles. The Morgan fingerprint density at radius 1 is 1.50 bits per heavy atom. The topological polar surface area (TPSA) is 22.0 Å². The van der Waals surface area contributed by atoms with E-state index >= 15 is 0 Å². The van der Waals surface area contributed by atoms with Crippen molar-refractivity contribution in [1.29, 1.82) is 0 Å². The Bertz CT molecular complexity index is 442. The largest absolute Gasteiger partial charge is 0.340 e. The number of hydrogen-bond donors (Lipinski definition) is 0. The number of carbonyl (C=O) groups is 1. The summed E-state index contributed by atoms with van der Waals surface area (Å²) in [4.78, 5) is 12.0. The molecule has 2 aromatic rings. The first-order valence-electron chi connectivity index (χ1n) is 4.44. The Balaban J connectivity index is 2.27. The summed E-state index contributed by atoms with van der Waals surface area (Å²) in [5, 5.41) is 2.08. The van der Waals surface area contributed by atoms with Gasteiger partial charge in [-0.3, -0.25) is 4.79 Å². The lowest BCUT2D eigenvalue weighted by Crippen LogP contribution is -2.01. The molecule has 0 saturated heterocycles. The molecular formula is C11H11NOS. The Morgan fingerprint density at radius 2 is 2.36 bits per heavy atom. The van der Waals surface area contributed by atoms with Crippen LogP contribution in [-0.4, -0.2) is 10.9 Å². The SMILES string of the molecule is Cc1ccsc1Cn1cccc1C=O. The summed E-state index contributed by atoms with van der Waals surface area (Å²) < 4.78 is 1.96. The van der Waals surface area contributed by atoms with Gasteiger partial charge in [-0.1, -0.05) is 0 Å². The van der Waals surface area contributed by atoms with Crippen LogP contribution < -0.4 is 0 Å². The summed E-state index contributed by atoms with van der Waals surface area (Å²) >= 11 is 1.73. The maximum atomic E-state index is 10.7. The van der Waals surface area contributed by atoms with Gasteiger partial charge in [-0.25, -0.2) is 0 Å². The lowest BCUT2D eigenvalue weighted by atomic mass is 10.3. The molecule has 0 spiro atoms. The van der Waals surface area contributed by atoms with Gasteiger partial charge >= 0.3 is 0 Å². The van der Waals surface area contributed by atoms with E-state index in [2.05, 4.69) is 18.4 Å². The van der Waals surface area contributed by atoms with Crippen molar-refractivity contribution in [2.45, 2.75) is 13.5 Å². The summed E-state index contributed by atoms with van der Waals surface area (Å²) in [5.41, 5.74) is 2.03. The number of aryl methyl sites for hydroxylation is 1. The second kappa shape index (κ2) is 3.80. The van der Waals surface area contributed by atoms with E-state index < -0.39 is 0 Å². The molecule has 0 amide bonds. The quantitative estimate of drug-likeness (QED) is 0.706. The fourth-order valence-corrected chi connectivity index (χ4v) is 2.30. The fraction of sp³-hybridized carbons (Fsp3) is 0.182. The van der Waals surface area contributed by atoms with Gasteiger partial charge in [0.05, 0.1) is 12.2 Å². The first kappa shape index (κ1) is 9.21. The van der Waals surface area contributed by atoms with Crippen LogP contribution in [0.5, 0.6) is 0 Å². The van der Waals surface area contributed by atoms with Crippen molar-refractivity contribution in [3.05, 3.63) is 45.9 Å². The first-order valence-corrected chi connectivity index (χ1v) is 5.32. The van der Waals surface area contributed by atoms with Crippen LogP contribution in [0.4, 0.5) is 0 Å². The summed E-state index contributed by atoms with van der Waals surface area (Å²) in [6, 6.07) is 5.83. The van der Waals surface area contributed by atoms with E-state index in [0.29, 0.717) is 0 Å². The third kappa shape index (κ3) is 1.63. The molecule has 0 saturated carbocycles. The molecule has 0 aliphatic carbocycles. The lowest BCUT2D eigenvalue weighted by Gasteiger charge is -2.03. The van der Waals surface area contributed by atoms with Gasteiger partial charge in [0.25, 0.3) is 0 Å². The Labute approximate surface area is 86.8 Å². The van der Waals surface area contributed by atoms with E-state index in [1.54, 1.807) is 11.3 Å². The van der Waals surface area contributed by atoms with Crippen LogP contribution in [0.2, 0.25) is 0 Å². The highest BCUT2D eigenvalue weighted by Crippen LogP contribution is 2.17. The summed E-state index contributed by atoms with van der Waals surface area (Å²) in [6.45, 7) is 2.89. The molecule has 0 atom stereocenters. The normalized spacial score (nSPS) is 10.4. The van der Waals surface area contributed by atoms with Gasteiger partial charge in [0.2, 0.25) is 0 Å². The molecule has 3 heteroatoms. The number of rotatable bonds is 3. The molecule has 0 aliphatic heterocycles. The van der Waals surface area contributed by atoms with E-state index in [1.165, 1.54) is 10.4 Å². The highest BCUT2D eigenvalue weighted by atomic mass is 32.1. The zero-order valence-electron chi connectivity index (χ0n) is 7.93. The second-order valence-electron chi connectivity index (χ2n) is 3.21. The van der Waals surface area contributed by atoms with Crippen molar-refractivity contribution in [2.24, 2.45) is 0 Å². The van der Waals surface area contributed by atoms with Gasteiger partial charge in [-0.05, 0) is 36.1 Å². The molecule has 0 radical (unpaired) electrons. The highest BCUT2D eigenvalue weighted by Gasteiger charge is 2.03. The molecule has 2 rings (SSSR count). The van der Waals surface area contributed by atoms with Gasteiger partial charge in [0.15, 0.2) is 6.29 Å². The smallest absolute Gasteiger partial charge is 0.166 e. The number of aldehydes is 1. The number of carbonyl (C=O) groups excluding carboxylic acids is 1. The summed E-state index contributed by atoms with van der Waals surface area (Å²) in [5.74, 6) is 0. The van der Waals surface area contributed by atoms with E-state index in [0.717, 1.165) is 18.5 Å². The maximum absolute atomic E-state index is 10.7. The number of hydrogen-bond acceptors (Lipinski definition) is 2.